The van der Waals surface area contributed by atoms with Gasteiger partial charge in [0.2, 0.25) is 0 Å². The molecule has 0 spiro atoms. The molecule has 0 bridgehead atoms. The van der Waals surface area contributed by atoms with E-state index < -0.39 is 0 Å². The normalized spacial score (nSPS) is 11.2. The molecule has 1 aromatic heterocycles. The third-order valence-electron chi connectivity index (χ3n) is 3.53. The Morgan fingerprint density at radius 1 is 1.09 bits per heavy atom. The molecule has 22 heavy (non-hydrogen) atoms. The standard InChI is InChI=1S/C16H15ClN2O2S/c17-15-10-19-16-12(2-1-3-14(15)16)7-4-11-5-8-13(9-6-11)22-21-20-18/h1-3,5-6,8-10,19H,4,7,18H2. The van der Waals surface area contributed by atoms with Crippen molar-refractivity contribution in [3.63, 3.8) is 0 Å². The summed E-state index contributed by atoms with van der Waals surface area (Å²) in [5.74, 6) is 4.81. The second-order valence-corrected chi connectivity index (χ2v) is 6.05. The Morgan fingerprint density at radius 3 is 2.68 bits per heavy atom. The number of benzene rings is 2. The van der Waals surface area contributed by atoms with Gasteiger partial charge < -0.3 is 4.98 Å². The molecular formula is C16H15ClN2O2S. The van der Waals surface area contributed by atoms with Crippen molar-refractivity contribution in [2.24, 2.45) is 5.90 Å². The largest absolute Gasteiger partial charge is 0.360 e. The van der Waals surface area contributed by atoms with Crippen LogP contribution < -0.4 is 5.90 Å². The van der Waals surface area contributed by atoms with Gasteiger partial charge in [0.1, 0.15) is 0 Å². The molecule has 2 aromatic carbocycles. The minimum absolute atomic E-state index is 0.764. The lowest BCUT2D eigenvalue weighted by molar-refractivity contribution is -0.195. The van der Waals surface area contributed by atoms with Crippen molar-refractivity contribution in [1.82, 2.24) is 4.98 Å². The predicted octanol–water partition coefficient (Wildman–Crippen LogP) is 4.44. The summed E-state index contributed by atoms with van der Waals surface area (Å²) < 4.78 is 4.62. The highest BCUT2D eigenvalue weighted by Crippen LogP contribution is 2.26. The fourth-order valence-corrected chi connectivity index (χ4v) is 3.02. The van der Waals surface area contributed by atoms with Gasteiger partial charge >= 0.3 is 0 Å². The van der Waals surface area contributed by atoms with Crippen LogP contribution in [0.3, 0.4) is 0 Å². The number of hydrogen-bond donors (Lipinski definition) is 2. The van der Waals surface area contributed by atoms with Gasteiger partial charge in [0.15, 0.2) is 0 Å². The first-order valence-corrected chi connectivity index (χ1v) is 7.93. The third-order valence-corrected chi connectivity index (χ3v) is 4.45. The van der Waals surface area contributed by atoms with Crippen LogP contribution in [-0.2, 0) is 22.2 Å². The average Bonchev–Trinajstić information content (AvgIpc) is 2.94. The minimum Gasteiger partial charge on any atom is -0.360 e. The van der Waals surface area contributed by atoms with Crippen LogP contribution in [0.25, 0.3) is 10.9 Å². The number of halogens is 1. The molecule has 1 heterocycles. The molecule has 0 atom stereocenters. The van der Waals surface area contributed by atoms with Crippen LogP contribution in [-0.4, -0.2) is 4.98 Å². The zero-order valence-corrected chi connectivity index (χ0v) is 13.3. The number of nitrogens with two attached hydrogens (primary N) is 1. The van der Waals surface area contributed by atoms with Crippen LogP contribution in [0.15, 0.2) is 53.6 Å². The third kappa shape index (κ3) is 3.45. The Hall–Kier alpha value is -1.50. The smallest absolute Gasteiger partial charge is 0.0702 e. The van der Waals surface area contributed by atoms with Crippen molar-refractivity contribution < 1.29 is 9.32 Å². The Balaban J connectivity index is 1.68. The number of H-pyrrole nitrogens is 1. The number of para-hydroxylation sites is 1. The number of rotatable bonds is 6. The van der Waals surface area contributed by atoms with E-state index in [1.807, 2.05) is 30.5 Å². The highest BCUT2D eigenvalue weighted by atomic mass is 35.5. The Labute approximate surface area is 137 Å². The summed E-state index contributed by atoms with van der Waals surface area (Å²) in [5, 5.41) is 1.84. The van der Waals surface area contributed by atoms with E-state index in [-0.39, 0.29) is 0 Å². The molecule has 0 aliphatic rings. The second-order valence-electron chi connectivity index (χ2n) is 4.87. The van der Waals surface area contributed by atoms with E-state index >= 15 is 0 Å². The highest BCUT2D eigenvalue weighted by molar-refractivity contribution is 7.94. The zero-order valence-electron chi connectivity index (χ0n) is 11.7. The van der Waals surface area contributed by atoms with Gasteiger partial charge in [-0.15, -0.1) is 9.32 Å². The van der Waals surface area contributed by atoms with Crippen molar-refractivity contribution in [3.8, 4) is 0 Å². The van der Waals surface area contributed by atoms with E-state index in [0.717, 1.165) is 45.7 Å². The topological polar surface area (TPSA) is 60.3 Å². The number of fused-ring (bicyclic) bond motifs is 1. The van der Waals surface area contributed by atoms with E-state index in [0.29, 0.717) is 0 Å². The fraction of sp³-hybridized carbons (Fsp3) is 0.125. The molecule has 0 saturated carbocycles. The summed E-state index contributed by atoms with van der Waals surface area (Å²) in [6.07, 6.45) is 3.74. The van der Waals surface area contributed by atoms with Crippen molar-refractivity contribution in [2.45, 2.75) is 17.7 Å². The quantitative estimate of drug-likeness (QED) is 0.397. The Bertz CT molecular complexity index is 758. The van der Waals surface area contributed by atoms with Gasteiger partial charge in [-0.05, 0) is 36.1 Å². The second kappa shape index (κ2) is 7.17. The lowest BCUT2D eigenvalue weighted by Crippen LogP contribution is -1.94. The van der Waals surface area contributed by atoms with Gasteiger partial charge in [-0.2, -0.15) is 5.90 Å². The molecule has 3 N–H and O–H groups in total. The van der Waals surface area contributed by atoms with Crippen LogP contribution in [0.4, 0.5) is 0 Å². The molecule has 0 radical (unpaired) electrons. The molecule has 0 fully saturated rings. The number of aromatic nitrogens is 1. The van der Waals surface area contributed by atoms with Gasteiger partial charge in [0, 0.05) is 16.5 Å². The van der Waals surface area contributed by atoms with E-state index in [4.69, 9.17) is 17.5 Å². The molecular weight excluding hydrogens is 320 g/mol. The SMILES string of the molecule is NOOSc1ccc(CCc2cccc3c(Cl)c[nH]c23)cc1. The molecule has 0 aliphatic carbocycles. The summed E-state index contributed by atoms with van der Waals surface area (Å²) in [6, 6.07) is 14.3. The summed E-state index contributed by atoms with van der Waals surface area (Å²) in [7, 11) is 0. The summed E-state index contributed by atoms with van der Waals surface area (Å²) in [4.78, 5) is 8.26. The maximum absolute atomic E-state index is 6.16. The molecule has 3 aromatic rings. The van der Waals surface area contributed by atoms with E-state index in [1.54, 1.807) is 0 Å². The fourth-order valence-electron chi connectivity index (χ4n) is 2.44. The van der Waals surface area contributed by atoms with Gasteiger partial charge in [-0.25, -0.2) is 0 Å². The lowest BCUT2D eigenvalue weighted by atomic mass is 10.0. The van der Waals surface area contributed by atoms with Gasteiger partial charge in [0.25, 0.3) is 0 Å². The molecule has 0 saturated heterocycles. The maximum atomic E-state index is 6.16. The van der Waals surface area contributed by atoms with Crippen molar-refractivity contribution in [3.05, 3.63) is 64.8 Å². The maximum Gasteiger partial charge on any atom is 0.0702 e. The van der Waals surface area contributed by atoms with Crippen molar-refractivity contribution in [1.29, 1.82) is 0 Å². The summed E-state index contributed by atoms with van der Waals surface area (Å²) in [5.41, 5.74) is 3.64. The Morgan fingerprint density at radius 2 is 1.91 bits per heavy atom. The predicted molar refractivity (Wildman–Crippen MR) is 89.4 cm³/mol. The monoisotopic (exact) mass is 334 g/mol. The Kier molecular flexibility index (Phi) is 5.02. The number of nitrogens with one attached hydrogen (secondary N) is 1. The molecule has 3 rings (SSSR count). The first-order chi connectivity index (χ1) is 10.8. The molecule has 4 nitrogen and oxygen atoms in total. The molecule has 114 valence electrons. The van der Waals surface area contributed by atoms with E-state index in [9.17, 15) is 0 Å². The highest BCUT2D eigenvalue weighted by Gasteiger charge is 2.06. The van der Waals surface area contributed by atoms with Crippen molar-refractivity contribution in [2.75, 3.05) is 0 Å². The molecule has 0 unspecified atom stereocenters. The van der Waals surface area contributed by atoms with Crippen LogP contribution in [0, 0.1) is 0 Å². The van der Waals surface area contributed by atoms with Crippen molar-refractivity contribution >= 4 is 34.5 Å². The van der Waals surface area contributed by atoms with Gasteiger partial charge in [0.05, 0.1) is 22.6 Å². The average molecular weight is 335 g/mol. The minimum atomic E-state index is 0.764. The van der Waals surface area contributed by atoms with Crippen LogP contribution in [0.1, 0.15) is 11.1 Å². The van der Waals surface area contributed by atoms with E-state index in [1.165, 1.54) is 11.1 Å². The molecule has 0 amide bonds. The van der Waals surface area contributed by atoms with Crippen LogP contribution in [0.2, 0.25) is 5.02 Å². The van der Waals surface area contributed by atoms with Gasteiger partial charge in [-0.1, -0.05) is 41.9 Å². The van der Waals surface area contributed by atoms with Gasteiger partial charge in [-0.3, -0.25) is 0 Å². The summed E-state index contributed by atoms with van der Waals surface area (Å²) in [6.45, 7) is 0. The number of hydrogen-bond acceptors (Lipinski definition) is 4. The molecule has 6 heteroatoms. The summed E-state index contributed by atoms with van der Waals surface area (Å²) >= 11 is 7.24. The van der Waals surface area contributed by atoms with Crippen LogP contribution in [0.5, 0.6) is 0 Å². The number of aromatic amines is 1. The first kappa shape index (κ1) is 15.4. The first-order valence-electron chi connectivity index (χ1n) is 6.81. The number of aryl methyl sites for hydroxylation is 2. The lowest BCUT2D eigenvalue weighted by Gasteiger charge is -2.05. The van der Waals surface area contributed by atoms with Crippen LogP contribution >= 0.6 is 23.6 Å². The zero-order chi connectivity index (χ0) is 15.4. The van der Waals surface area contributed by atoms with E-state index in [2.05, 4.69) is 32.5 Å². The molecule has 0 aliphatic heterocycles.